The highest BCUT2D eigenvalue weighted by atomic mass is 35.5. The van der Waals surface area contributed by atoms with Crippen LogP contribution in [0.1, 0.15) is 32.3 Å². The molecule has 6 nitrogen and oxygen atoms in total. The average molecular weight is 325 g/mol. The number of benzene rings is 1. The molecular formula is C15H21ClN4O2. The van der Waals surface area contributed by atoms with Crippen LogP contribution in [0.25, 0.3) is 0 Å². The summed E-state index contributed by atoms with van der Waals surface area (Å²) in [4.78, 5) is 22.7. The first-order valence-corrected chi connectivity index (χ1v) is 7.03. The summed E-state index contributed by atoms with van der Waals surface area (Å²) in [6.45, 7) is 4.27. The first kappa shape index (κ1) is 18.1. The molecule has 7 heteroatoms. The molecule has 0 unspecified atom stereocenters. The molecule has 2 amide bonds. The maximum absolute atomic E-state index is 11.7. The molecule has 0 radical (unpaired) electrons. The number of anilines is 1. The van der Waals surface area contributed by atoms with E-state index in [0.717, 1.165) is 17.0 Å². The SMILES string of the molecule is CC(C)NCC(=O)Nc1ccc(C2=NNC(=O)CC2)cc1.Cl. The second-order valence-corrected chi connectivity index (χ2v) is 5.25. The van der Waals surface area contributed by atoms with E-state index in [1.807, 2.05) is 38.1 Å². The van der Waals surface area contributed by atoms with Crippen molar-refractivity contribution in [2.45, 2.75) is 32.7 Å². The molecule has 0 saturated carbocycles. The van der Waals surface area contributed by atoms with Crippen molar-refractivity contribution in [1.82, 2.24) is 10.7 Å². The van der Waals surface area contributed by atoms with Crippen LogP contribution in [-0.4, -0.2) is 30.1 Å². The Hall–Kier alpha value is -1.92. The van der Waals surface area contributed by atoms with Gasteiger partial charge in [-0.25, -0.2) is 5.43 Å². The van der Waals surface area contributed by atoms with Gasteiger partial charge in [-0.05, 0) is 17.7 Å². The third kappa shape index (κ3) is 5.46. The highest BCUT2D eigenvalue weighted by Gasteiger charge is 2.13. The van der Waals surface area contributed by atoms with E-state index in [9.17, 15) is 9.59 Å². The maximum Gasteiger partial charge on any atom is 0.240 e. The molecule has 0 aromatic heterocycles. The lowest BCUT2D eigenvalue weighted by molar-refractivity contribution is -0.121. The number of carbonyl (C=O) groups is 2. The number of hydrogen-bond acceptors (Lipinski definition) is 4. The second-order valence-electron chi connectivity index (χ2n) is 5.25. The fourth-order valence-corrected chi connectivity index (χ4v) is 1.93. The minimum absolute atomic E-state index is 0. The van der Waals surface area contributed by atoms with Crippen LogP contribution in [0.4, 0.5) is 5.69 Å². The van der Waals surface area contributed by atoms with Crippen molar-refractivity contribution in [2.24, 2.45) is 5.10 Å². The van der Waals surface area contributed by atoms with E-state index in [0.29, 0.717) is 12.8 Å². The lowest BCUT2D eigenvalue weighted by Gasteiger charge is -2.13. The van der Waals surface area contributed by atoms with Crippen LogP contribution in [0, 0.1) is 0 Å². The van der Waals surface area contributed by atoms with Crippen LogP contribution in [0.3, 0.4) is 0 Å². The predicted molar refractivity (Wildman–Crippen MR) is 89.4 cm³/mol. The van der Waals surface area contributed by atoms with Gasteiger partial charge in [0.05, 0.1) is 12.3 Å². The zero-order valence-electron chi connectivity index (χ0n) is 12.7. The van der Waals surface area contributed by atoms with Crippen LogP contribution in [0.2, 0.25) is 0 Å². The molecule has 1 aliphatic rings. The number of nitrogens with zero attached hydrogens (tertiary/aromatic N) is 1. The number of hydrogen-bond donors (Lipinski definition) is 3. The standard InChI is InChI=1S/C15H20N4O2.ClH/c1-10(2)16-9-15(21)17-12-5-3-11(4-6-12)13-7-8-14(20)19-18-13;/h3-6,10,16H,7-9H2,1-2H3,(H,17,21)(H,19,20);1H. The molecule has 0 fully saturated rings. The Labute approximate surface area is 136 Å². The van der Waals surface area contributed by atoms with Crippen molar-refractivity contribution in [3.8, 4) is 0 Å². The van der Waals surface area contributed by atoms with Gasteiger partial charge in [0, 0.05) is 24.6 Å². The summed E-state index contributed by atoms with van der Waals surface area (Å²) in [6.07, 6.45) is 1.09. The third-order valence-corrected chi connectivity index (χ3v) is 3.08. The molecule has 0 atom stereocenters. The number of rotatable bonds is 5. The second kappa shape index (κ2) is 8.51. The van der Waals surface area contributed by atoms with Crippen LogP contribution in [0.15, 0.2) is 29.4 Å². The Morgan fingerprint density at radius 1 is 1.27 bits per heavy atom. The van der Waals surface area contributed by atoms with Gasteiger partial charge in [-0.2, -0.15) is 5.10 Å². The summed E-state index contributed by atoms with van der Waals surface area (Å²) in [5.74, 6) is -0.126. The minimum Gasteiger partial charge on any atom is -0.325 e. The van der Waals surface area contributed by atoms with Gasteiger partial charge in [0.1, 0.15) is 0 Å². The minimum atomic E-state index is -0.0706. The van der Waals surface area contributed by atoms with Gasteiger partial charge in [-0.1, -0.05) is 26.0 Å². The van der Waals surface area contributed by atoms with E-state index in [-0.39, 0.29) is 36.8 Å². The summed E-state index contributed by atoms with van der Waals surface area (Å²) in [5.41, 5.74) is 5.03. The predicted octanol–water partition coefficient (Wildman–Crippen LogP) is 1.66. The normalized spacial score (nSPS) is 14.0. The summed E-state index contributed by atoms with van der Waals surface area (Å²) < 4.78 is 0. The van der Waals surface area contributed by atoms with Crippen LogP contribution >= 0.6 is 12.4 Å². The quantitative estimate of drug-likeness (QED) is 0.770. The smallest absolute Gasteiger partial charge is 0.240 e. The Balaban J connectivity index is 0.00000242. The molecule has 0 spiro atoms. The summed E-state index contributed by atoms with van der Waals surface area (Å²) >= 11 is 0. The Morgan fingerprint density at radius 2 is 1.95 bits per heavy atom. The summed E-state index contributed by atoms with van der Waals surface area (Å²) in [7, 11) is 0. The number of halogens is 1. The Bertz CT molecular complexity index is 555. The van der Waals surface area contributed by atoms with Crippen molar-refractivity contribution in [3.63, 3.8) is 0 Å². The zero-order valence-corrected chi connectivity index (χ0v) is 13.5. The van der Waals surface area contributed by atoms with Crippen molar-refractivity contribution < 1.29 is 9.59 Å². The first-order valence-electron chi connectivity index (χ1n) is 7.03. The van der Waals surface area contributed by atoms with Gasteiger partial charge in [0.2, 0.25) is 11.8 Å². The topological polar surface area (TPSA) is 82.6 Å². The molecule has 0 bridgehead atoms. The van der Waals surface area contributed by atoms with Crippen LogP contribution < -0.4 is 16.1 Å². The van der Waals surface area contributed by atoms with Crippen LogP contribution in [-0.2, 0) is 9.59 Å². The van der Waals surface area contributed by atoms with Gasteiger partial charge in [-0.3, -0.25) is 9.59 Å². The van der Waals surface area contributed by atoms with Crippen LogP contribution in [0.5, 0.6) is 0 Å². The van der Waals surface area contributed by atoms with Gasteiger partial charge in [-0.15, -0.1) is 12.4 Å². The van der Waals surface area contributed by atoms with Crippen molar-refractivity contribution in [1.29, 1.82) is 0 Å². The fourth-order valence-electron chi connectivity index (χ4n) is 1.93. The van der Waals surface area contributed by atoms with E-state index in [1.165, 1.54) is 0 Å². The van der Waals surface area contributed by atoms with Gasteiger partial charge >= 0.3 is 0 Å². The molecular weight excluding hydrogens is 304 g/mol. The number of amides is 2. The number of nitrogens with one attached hydrogen (secondary N) is 3. The monoisotopic (exact) mass is 324 g/mol. The lowest BCUT2D eigenvalue weighted by atomic mass is 10.0. The molecule has 1 heterocycles. The van der Waals surface area contributed by atoms with Crippen molar-refractivity contribution in [3.05, 3.63) is 29.8 Å². The molecule has 0 saturated heterocycles. The molecule has 1 aromatic rings. The van der Waals surface area contributed by atoms with E-state index < -0.39 is 0 Å². The van der Waals surface area contributed by atoms with Gasteiger partial charge in [0.15, 0.2) is 0 Å². The lowest BCUT2D eigenvalue weighted by Crippen LogP contribution is -2.32. The summed E-state index contributed by atoms with van der Waals surface area (Å²) in [6, 6.07) is 7.73. The molecule has 120 valence electrons. The van der Waals surface area contributed by atoms with E-state index in [2.05, 4.69) is 21.2 Å². The maximum atomic E-state index is 11.7. The highest BCUT2D eigenvalue weighted by molar-refractivity contribution is 6.04. The highest BCUT2D eigenvalue weighted by Crippen LogP contribution is 2.14. The van der Waals surface area contributed by atoms with Gasteiger partial charge in [0.25, 0.3) is 0 Å². The largest absolute Gasteiger partial charge is 0.325 e. The average Bonchev–Trinajstić information content (AvgIpc) is 2.47. The molecule has 22 heavy (non-hydrogen) atoms. The van der Waals surface area contributed by atoms with Crippen molar-refractivity contribution in [2.75, 3.05) is 11.9 Å². The molecule has 0 aliphatic carbocycles. The third-order valence-electron chi connectivity index (χ3n) is 3.08. The van der Waals surface area contributed by atoms with Crippen molar-refractivity contribution >= 4 is 35.6 Å². The van der Waals surface area contributed by atoms with E-state index in [1.54, 1.807) is 0 Å². The molecule has 3 N–H and O–H groups in total. The van der Waals surface area contributed by atoms with E-state index >= 15 is 0 Å². The fraction of sp³-hybridized carbons (Fsp3) is 0.400. The van der Waals surface area contributed by atoms with E-state index in [4.69, 9.17) is 0 Å². The van der Waals surface area contributed by atoms with Gasteiger partial charge < -0.3 is 10.6 Å². The Kier molecular flexibility index (Phi) is 7.01. The first-order chi connectivity index (χ1) is 10.0. The summed E-state index contributed by atoms with van der Waals surface area (Å²) in [5, 5.41) is 9.92. The number of carbonyl (C=O) groups excluding carboxylic acids is 2. The zero-order chi connectivity index (χ0) is 15.2. The molecule has 1 aromatic carbocycles. The Morgan fingerprint density at radius 3 is 2.50 bits per heavy atom. The number of hydrazone groups is 1. The molecule has 2 rings (SSSR count). The molecule has 1 aliphatic heterocycles.